The van der Waals surface area contributed by atoms with E-state index in [9.17, 15) is 14.4 Å². The fraction of sp³-hybridized carbons (Fsp3) is 0.800. The second-order valence-corrected chi connectivity index (χ2v) is 5.25. The number of amides is 2. The van der Waals surface area contributed by atoms with Crippen LogP contribution in [0.15, 0.2) is 0 Å². The largest absolute Gasteiger partial charge is 0.480 e. The molecule has 0 aliphatic carbocycles. The van der Waals surface area contributed by atoms with E-state index in [2.05, 4.69) is 0 Å². The molecule has 0 radical (unpaired) electrons. The Kier molecular flexibility index (Phi) is 9.41. The van der Waals surface area contributed by atoms with Gasteiger partial charge in [0.2, 0.25) is 11.8 Å². The first-order valence-electron chi connectivity index (χ1n) is 7.61. The smallest absolute Gasteiger partial charge is 0.326 e. The van der Waals surface area contributed by atoms with Crippen molar-refractivity contribution in [2.45, 2.75) is 58.9 Å². The van der Waals surface area contributed by atoms with Crippen LogP contribution in [0.2, 0.25) is 0 Å². The maximum absolute atomic E-state index is 12.0. The van der Waals surface area contributed by atoms with Crippen molar-refractivity contribution in [2.24, 2.45) is 0 Å². The molecule has 1 unspecified atom stereocenters. The summed E-state index contributed by atoms with van der Waals surface area (Å²) >= 11 is 0. The Bertz CT molecular complexity index is 352. The van der Waals surface area contributed by atoms with Crippen LogP contribution in [0.5, 0.6) is 0 Å². The van der Waals surface area contributed by atoms with Crippen molar-refractivity contribution in [3.05, 3.63) is 0 Å². The monoisotopic (exact) mass is 300 g/mol. The van der Waals surface area contributed by atoms with Gasteiger partial charge in [-0.3, -0.25) is 9.59 Å². The number of nitrogens with zero attached hydrogens (tertiary/aromatic N) is 2. The molecule has 122 valence electrons. The summed E-state index contributed by atoms with van der Waals surface area (Å²) in [5.74, 6) is -1.20. The summed E-state index contributed by atoms with van der Waals surface area (Å²) in [5, 5.41) is 8.85. The van der Waals surface area contributed by atoms with Crippen LogP contribution in [0.25, 0.3) is 0 Å². The molecule has 6 nitrogen and oxygen atoms in total. The molecule has 1 atom stereocenters. The van der Waals surface area contributed by atoms with E-state index < -0.39 is 12.0 Å². The zero-order valence-electron chi connectivity index (χ0n) is 13.6. The van der Waals surface area contributed by atoms with E-state index in [1.165, 1.54) is 18.9 Å². The van der Waals surface area contributed by atoms with Crippen molar-refractivity contribution >= 4 is 17.8 Å². The third-order valence-electron chi connectivity index (χ3n) is 3.45. The van der Waals surface area contributed by atoms with E-state index in [-0.39, 0.29) is 18.2 Å². The van der Waals surface area contributed by atoms with Gasteiger partial charge in [-0.1, -0.05) is 13.8 Å². The van der Waals surface area contributed by atoms with Crippen LogP contribution in [0.3, 0.4) is 0 Å². The molecular weight excluding hydrogens is 272 g/mol. The summed E-state index contributed by atoms with van der Waals surface area (Å²) in [6.07, 6.45) is 2.83. The number of likely N-dealkylation sites (N-methyl/N-ethyl adjacent to an activating group) is 1. The van der Waals surface area contributed by atoms with Crippen LogP contribution in [0.4, 0.5) is 0 Å². The van der Waals surface area contributed by atoms with Crippen LogP contribution < -0.4 is 0 Å². The molecule has 0 aromatic carbocycles. The average molecular weight is 300 g/mol. The normalized spacial score (nSPS) is 11.8. The van der Waals surface area contributed by atoms with E-state index in [0.29, 0.717) is 12.8 Å². The fourth-order valence-electron chi connectivity index (χ4n) is 2.01. The molecule has 0 saturated carbocycles. The van der Waals surface area contributed by atoms with Gasteiger partial charge < -0.3 is 14.9 Å². The zero-order valence-corrected chi connectivity index (χ0v) is 13.6. The molecule has 1 N–H and O–H groups in total. The zero-order chi connectivity index (χ0) is 16.4. The second-order valence-electron chi connectivity index (χ2n) is 5.25. The standard InChI is InChI=1S/C15H28N2O4/c1-5-10-17(11-6-2)14(19)9-7-8-13(18)16(4)12(3)15(20)21/h12H,5-11H2,1-4H3,(H,20,21). The number of hydrogen-bond donors (Lipinski definition) is 1. The van der Waals surface area contributed by atoms with Gasteiger partial charge in [0.1, 0.15) is 6.04 Å². The molecule has 0 saturated heterocycles. The second kappa shape index (κ2) is 10.2. The highest BCUT2D eigenvalue weighted by Crippen LogP contribution is 2.07. The van der Waals surface area contributed by atoms with Gasteiger partial charge in [-0.2, -0.15) is 0 Å². The van der Waals surface area contributed by atoms with Crippen molar-refractivity contribution < 1.29 is 19.5 Å². The molecule has 0 heterocycles. The quantitative estimate of drug-likeness (QED) is 0.666. The van der Waals surface area contributed by atoms with Gasteiger partial charge in [0.05, 0.1) is 0 Å². The first-order chi connectivity index (χ1) is 9.84. The lowest BCUT2D eigenvalue weighted by Gasteiger charge is -2.23. The number of hydrogen-bond acceptors (Lipinski definition) is 3. The molecule has 0 bridgehead atoms. The average Bonchev–Trinajstić information content (AvgIpc) is 2.44. The number of rotatable bonds is 10. The SMILES string of the molecule is CCCN(CCC)C(=O)CCCC(=O)N(C)C(C)C(=O)O. The summed E-state index contributed by atoms with van der Waals surface area (Å²) in [5.41, 5.74) is 0. The minimum absolute atomic E-state index is 0.0698. The molecule has 0 aliphatic rings. The molecule has 0 aliphatic heterocycles. The Labute approximate surface area is 127 Å². The van der Waals surface area contributed by atoms with E-state index in [1.54, 1.807) is 0 Å². The Morgan fingerprint density at radius 3 is 1.90 bits per heavy atom. The maximum Gasteiger partial charge on any atom is 0.326 e. The predicted molar refractivity (Wildman–Crippen MR) is 80.9 cm³/mol. The molecule has 21 heavy (non-hydrogen) atoms. The lowest BCUT2D eigenvalue weighted by Crippen LogP contribution is -2.40. The minimum atomic E-state index is -1.03. The molecule has 0 aromatic heterocycles. The van der Waals surface area contributed by atoms with Gasteiger partial charge >= 0.3 is 5.97 Å². The van der Waals surface area contributed by atoms with E-state index in [4.69, 9.17) is 5.11 Å². The number of carbonyl (C=O) groups is 3. The fourth-order valence-corrected chi connectivity index (χ4v) is 2.01. The molecular formula is C15H28N2O4. The summed E-state index contributed by atoms with van der Waals surface area (Å²) in [4.78, 5) is 37.7. The molecule has 6 heteroatoms. The van der Waals surface area contributed by atoms with Gasteiger partial charge in [-0.05, 0) is 26.2 Å². The predicted octanol–water partition coefficient (Wildman–Crippen LogP) is 1.74. The van der Waals surface area contributed by atoms with E-state index in [0.717, 1.165) is 25.9 Å². The Morgan fingerprint density at radius 1 is 1.00 bits per heavy atom. The van der Waals surface area contributed by atoms with Gasteiger partial charge in [0.15, 0.2) is 0 Å². The van der Waals surface area contributed by atoms with E-state index >= 15 is 0 Å². The van der Waals surface area contributed by atoms with Crippen molar-refractivity contribution in [3.63, 3.8) is 0 Å². The van der Waals surface area contributed by atoms with E-state index in [1.807, 2.05) is 18.7 Å². The summed E-state index contributed by atoms with van der Waals surface area (Å²) in [7, 11) is 1.48. The van der Waals surface area contributed by atoms with Gasteiger partial charge in [0, 0.05) is 33.0 Å². The number of carboxylic acid groups (broad SMARTS) is 1. The summed E-state index contributed by atoms with van der Waals surface area (Å²) in [6.45, 7) is 7.02. The van der Waals surface area contributed by atoms with Crippen LogP contribution in [0.1, 0.15) is 52.9 Å². The third-order valence-corrected chi connectivity index (χ3v) is 3.45. The highest BCUT2D eigenvalue weighted by Gasteiger charge is 2.21. The van der Waals surface area contributed by atoms with Crippen molar-refractivity contribution in [1.82, 2.24) is 9.80 Å². The maximum atomic E-state index is 12.0. The highest BCUT2D eigenvalue weighted by atomic mass is 16.4. The lowest BCUT2D eigenvalue weighted by atomic mass is 10.1. The van der Waals surface area contributed by atoms with Crippen molar-refractivity contribution in [1.29, 1.82) is 0 Å². The molecule has 0 spiro atoms. The molecule has 0 rings (SSSR count). The van der Waals surface area contributed by atoms with Crippen molar-refractivity contribution in [2.75, 3.05) is 20.1 Å². The van der Waals surface area contributed by atoms with Crippen LogP contribution in [-0.4, -0.2) is 58.9 Å². The third kappa shape index (κ3) is 7.11. The molecule has 0 aromatic rings. The van der Waals surface area contributed by atoms with Gasteiger partial charge in [-0.15, -0.1) is 0 Å². The number of carbonyl (C=O) groups excluding carboxylic acids is 2. The van der Waals surface area contributed by atoms with Crippen molar-refractivity contribution in [3.8, 4) is 0 Å². The van der Waals surface area contributed by atoms with Gasteiger partial charge in [-0.25, -0.2) is 4.79 Å². The Balaban J connectivity index is 4.20. The first kappa shape index (κ1) is 19.4. The topological polar surface area (TPSA) is 77.9 Å². The minimum Gasteiger partial charge on any atom is -0.480 e. The molecule has 2 amide bonds. The van der Waals surface area contributed by atoms with Crippen LogP contribution in [-0.2, 0) is 14.4 Å². The Morgan fingerprint density at radius 2 is 1.48 bits per heavy atom. The highest BCUT2D eigenvalue weighted by molar-refractivity contribution is 5.83. The van der Waals surface area contributed by atoms with Crippen LogP contribution >= 0.6 is 0 Å². The van der Waals surface area contributed by atoms with Gasteiger partial charge in [0.25, 0.3) is 0 Å². The summed E-state index contributed by atoms with van der Waals surface area (Å²) < 4.78 is 0. The van der Waals surface area contributed by atoms with Crippen LogP contribution in [0, 0.1) is 0 Å². The number of aliphatic carboxylic acids is 1. The Hall–Kier alpha value is -1.59. The molecule has 0 fully saturated rings. The lowest BCUT2D eigenvalue weighted by molar-refractivity contribution is -0.148. The number of carboxylic acids is 1. The first-order valence-corrected chi connectivity index (χ1v) is 7.61. The summed E-state index contributed by atoms with van der Waals surface area (Å²) in [6, 6.07) is -0.843.